The molecule has 1 amide bonds. The summed E-state index contributed by atoms with van der Waals surface area (Å²) in [4.78, 5) is 11.7. The molecule has 1 saturated carbocycles. The molecule has 10 heteroatoms. The monoisotopic (exact) mass is 520 g/mol. The number of nitrogens with one attached hydrogen (secondary N) is 1. The predicted octanol–water partition coefficient (Wildman–Crippen LogP) is 3.91. The smallest absolute Gasteiger partial charge is 0.407 e. The van der Waals surface area contributed by atoms with E-state index in [9.17, 15) is 18.3 Å². The number of carbonyl (C=O) groups excluding carboxylic acids is 1. The Morgan fingerprint density at radius 2 is 1.83 bits per heavy atom. The minimum atomic E-state index is -3.82. The maximum atomic E-state index is 15.6. The highest BCUT2D eigenvalue weighted by atomic mass is 32.2. The topological polar surface area (TPSA) is 95.9 Å². The average Bonchev–Trinajstić information content (AvgIpc) is 3.23. The average molecular weight is 521 g/mol. The van der Waals surface area contributed by atoms with Gasteiger partial charge in [-0.05, 0) is 57.2 Å². The van der Waals surface area contributed by atoms with Gasteiger partial charge in [-0.2, -0.15) is 4.31 Å². The fourth-order valence-electron chi connectivity index (χ4n) is 6.21. The molecule has 3 aliphatic rings. The number of rotatable bonds is 5. The van der Waals surface area contributed by atoms with Crippen molar-refractivity contribution < 1.29 is 31.8 Å². The van der Waals surface area contributed by atoms with Crippen molar-refractivity contribution >= 4 is 16.1 Å². The lowest BCUT2D eigenvalue weighted by atomic mass is 9.54. The summed E-state index contributed by atoms with van der Waals surface area (Å²) in [6.07, 6.45) is -0.132. The Labute approximate surface area is 209 Å². The highest BCUT2D eigenvalue weighted by Crippen LogP contribution is 2.54. The summed E-state index contributed by atoms with van der Waals surface area (Å²) in [5, 5.41) is 12.2. The number of nitrogens with zero attached hydrogens (tertiary/aromatic N) is 1. The number of aliphatic hydroxyl groups is 1. The van der Waals surface area contributed by atoms with E-state index < -0.39 is 50.1 Å². The quantitative estimate of drug-likeness (QED) is 0.623. The molecule has 1 aliphatic carbocycles. The fourth-order valence-corrected chi connectivity index (χ4v) is 8.39. The van der Waals surface area contributed by atoms with E-state index in [1.54, 1.807) is 38.1 Å². The van der Waals surface area contributed by atoms with Crippen molar-refractivity contribution in [3.8, 4) is 0 Å². The molecule has 36 heavy (non-hydrogen) atoms. The first-order valence-electron chi connectivity index (χ1n) is 12.1. The second-order valence-corrected chi connectivity index (χ2v) is 12.7. The minimum absolute atomic E-state index is 0.0217. The third-order valence-corrected chi connectivity index (χ3v) is 10.3. The molecule has 2 aliphatic heterocycles. The van der Waals surface area contributed by atoms with Crippen molar-refractivity contribution in [3.05, 3.63) is 70.8 Å². The molecule has 0 unspecified atom stereocenters. The van der Waals surface area contributed by atoms with E-state index in [-0.39, 0.29) is 43.1 Å². The van der Waals surface area contributed by atoms with Gasteiger partial charge in [0.2, 0.25) is 10.0 Å². The van der Waals surface area contributed by atoms with Crippen molar-refractivity contribution in [1.82, 2.24) is 9.62 Å². The third-order valence-electron chi connectivity index (χ3n) is 7.88. The number of cyclic esters (lactones) is 1. The van der Waals surface area contributed by atoms with Gasteiger partial charge in [-0.15, -0.1) is 0 Å². The van der Waals surface area contributed by atoms with Gasteiger partial charge in [-0.1, -0.05) is 30.3 Å². The van der Waals surface area contributed by atoms with Crippen LogP contribution in [-0.4, -0.2) is 48.2 Å². The zero-order valence-electron chi connectivity index (χ0n) is 20.2. The van der Waals surface area contributed by atoms with E-state index in [1.807, 2.05) is 6.07 Å². The molecule has 2 aromatic carbocycles. The predicted molar refractivity (Wildman–Crippen MR) is 129 cm³/mol. The van der Waals surface area contributed by atoms with Gasteiger partial charge in [0.25, 0.3) is 0 Å². The van der Waals surface area contributed by atoms with Crippen LogP contribution >= 0.6 is 0 Å². The number of hydrogen-bond acceptors (Lipinski definition) is 5. The van der Waals surface area contributed by atoms with Crippen molar-refractivity contribution in [2.45, 2.75) is 74.5 Å². The molecule has 0 spiro atoms. The van der Waals surface area contributed by atoms with Crippen molar-refractivity contribution in [1.29, 1.82) is 0 Å². The zero-order valence-corrected chi connectivity index (χ0v) is 21.0. The first kappa shape index (κ1) is 25.1. The number of halogens is 2. The van der Waals surface area contributed by atoms with Gasteiger partial charge in [0, 0.05) is 29.1 Å². The number of ether oxygens (including phenoxy) is 1. The molecule has 0 radical (unpaired) electrons. The Kier molecular flexibility index (Phi) is 6.12. The van der Waals surface area contributed by atoms with Gasteiger partial charge in [0.05, 0.1) is 12.1 Å². The maximum absolute atomic E-state index is 15.6. The first-order valence-corrected chi connectivity index (χ1v) is 13.6. The summed E-state index contributed by atoms with van der Waals surface area (Å²) >= 11 is 0. The summed E-state index contributed by atoms with van der Waals surface area (Å²) < 4.78 is 64.6. The summed E-state index contributed by atoms with van der Waals surface area (Å²) in [7, 11) is -3.82. The highest BCUT2D eigenvalue weighted by molar-refractivity contribution is 7.89. The van der Waals surface area contributed by atoms with Crippen LogP contribution in [-0.2, 0) is 26.7 Å². The molecule has 3 fully saturated rings. The Bertz CT molecular complexity index is 1280. The summed E-state index contributed by atoms with van der Waals surface area (Å²) in [6, 6.07) is 10.7. The van der Waals surface area contributed by atoms with Crippen LogP contribution in [0.2, 0.25) is 0 Å². The number of amides is 1. The number of sulfonamides is 1. The number of hydrogen-bond donors (Lipinski definition) is 2. The molecule has 3 atom stereocenters. The van der Waals surface area contributed by atoms with Crippen LogP contribution in [0.15, 0.2) is 42.5 Å². The largest absolute Gasteiger partial charge is 0.443 e. The SMILES string of the molecule is C[C@H]1CC[C@H](c2ccccc2)S(=O)(=O)N1Cc1cc(F)c([C@]2([C@@H]3CNC(=O)O3)C[C@](C)(O)C2)cc1F. The van der Waals surface area contributed by atoms with Crippen LogP contribution in [0.25, 0.3) is 0 Å². The highest BCUT2D eigenvalue weighted by Gasteiger charge is 2.60. The minimum Gasteiger partial charge on any atom is -0.443 e. The molecule has 5 rings (SSSR count). The number of carbonyl (C=O) groups is 1. The van der Waals surface area contributed by atoms with Crippen molar-refractivity contribution in [2.24, 2.45) is 0 Å². The van der Waals surface area contributed by atoms with Gasteiger partial charge < -0.3 is 15.2 Å². The van der Waals surface area contributed by atoms with Crippen LogP contribution < -0.4 is 5.32 Å². The van der Waals surface area contributed by atoms with Gasteiger partial charge in [0.15, 0.2) is 0 Å². The van der Waals surface area contributed by atoms with Crippen molar-refractivity contribution in [2.75, 3.05) is 6.54 Å². The van der Waals surface area contributed by atoms with Gasteiger partial charge in [-0.3, -0.25) is 0 Å². The van der Waals surface area contributed by atoms with Crippen molar-refractivity contribution in [3.63, 3.8) is 0 Å². The third kappa shape index (κ3) is 4.18. The Hall–Kier alpha value is -2.56. The standard InChI is InChI=1S/C26H30F2N2O5S/c1-16-8-9-22(17-6-4-3-5-7-17)36(33,34)30(16)13-18-10-21(28)19(11-20(18)27)26(14-25(2,32)15-26)23-12-29-24(31)35-23/h3-7,10-11,16,22-23,32H,8-9,12-15H2,1-2H3,(H,29,31)/t16-,22+,23-,25-,26-/m0/s1. The van der Waals surface area contributed by atoms with Crippen LogP contribution in [0.3, 0.4) is 0 Å². The molecule has 0 bridgehead atoms. The van der Waals surface area contributed by atoms with Crippen LogP contribution in [0, 0.1) is 11.6 Å². The van der Waals surface area contributed by atoms with Gasteiger partial charge >= 0.3 is 6.09 Å². The fraction of sp³-hybridized carbons (Fsp3) is 0.500. The number of alkyl carbamates (subject to hydrolysis) is 1. The van der Waals surface area contributed by atoms with Crippen LogP contribution in [0.5, 0.6) is 0 Å². The Balaban J connectivity index is 1.46. The lowest BCUT2D eigenvalue weighted by Gasteiger charge is -2.54. The first-order chi connectivity index (χ1) is 16.9. The summed E-state index contributed by atoms with van der Waals surface area (Å²) in [6.45, 7) is 3.21. The zero-order chi connectivity index (χ0) is 25.9. The maximum Gasteiger partial charge on any atom is 0.407 e. The Morgan fingerprint density at radius 3 is 2.44 bits per heavy atom. The Morgan fingerprint density at radius 1 is 1.14 bits per heavy atom. The van der Waals surface area contributed by atoms with E-state index in [0.717, 1.165) is 12.1 Å². The molecular weight excluding hydrogens is 490 g/mol. The summed E-state index contributed by atoms with van der Waals surface area (Å²) in [5.74, 6) is -1.45. The van der Waals surface area contributed by atoms with E-state index in [0.29, 0.717) is 18.4 Å². The number of benzene rings is 2. The lowest BCUT2D eigenvalue weighted by Crippen LogP contribution is -2.60. The molecule has 2 heterocycles. The molecular formula is C26H30F2N2O5S. The second kappa shape index (κ2) is 8.78. The summed E-state index contributed by atoms with van der Waals surface area (Å²) in [5.41, 5.74) is -1.54. The van der Waals surface area contributed by atoms with E-state index in [4.69, 9.17) is 4.74 Å². The molecule has 0 aromatic heterocycles. The lowest BCUT2D eigenvalue weighted by molar-refractivity contribution is -0.114. The second-order valence-electron chi connectivity index (χ2n) is 10.6. The molecule has 2 aromatic rings. The van der Waals surface area contributed by atoms with E-state index >= 15 is 8.78 Å². The molecule has 7 nitrogen and oxygen atoms in total. The van der Waals surface area contributed by atoms with E-state index in [1.165, 1.54) is 4.31 Å². The molecule has 2 N–H and O–H groups in total. The van der Waals surface area contributed by atoms with Crippen LogP contribution in [0.4, 0.5) is 13.6 Å². The van der Waals surface area contributed by atoms with E-state index in [2.05, 4.69) is 5.32 Å². The van der Waals surface area contributed by atoms with Gasteiger partial charge in [0.1, 0.15) is 23.0 Å². The van der Waals surface area contributed by atoms with Crippen LogP contribution in [0.1, 0.15) is 61.5 Å². The van der Waals surface area contributed by atoms with Gasteiger partial charge in [-0.25, -0.2) is 22.0 Å². The molecule has 194 valence electrons. The normalized spacial score (nSPS) is 34.0. The molecule has 2 saturated heterocycles.